The Morgan fingerprint density at radius 1 is 0.404 bits per heavy atom. The molecule has 0 saturated carbocycles. The first-order valence-corrected chi connectivity index (χ1v) is 16.6. The van der Waals surface area contributed by atoms with Crippen molar-refractivity contribution >= 4 is 23.9 Å². The summed E-state index contributed by atoms with van der Waals surface area (Å²) in [6.07, 6.45) is 6.49. The van der Waals surface area contributed by atoms with Gasteiger partial charge in [0.15, 0.2) is 0 Å². The summed E-state index contributed by atoms with van der Waals surface area (Å²) in [6.45, 7) is 4.28. The van der Waals surface area contributed by atoms with Crippen molar-refractivity contribution in [2.45, 2.75) is 52.4 Å². The van der Waals surface area contributed by atoms with Crippen LogP contribution in [0.25, 0.3) is 0 Å². The van der Waals surface area contributed by atoms with Gasteiger partial charge in [-0.3, -0.25) is 0 Å². The molecule has 0 fully saturated rings. The molecule has 10 heteroatoms. The highest BCUT2D eigenvalue weighted by Crippen LogP contribution is 2.19. The van der Waals surface area contributed by atoms with Crippen molar-refractivity contribution in [3.8, 4) is 58.2 Å². The Kier molecular flexibility index (Phi) is 17.1. The molecule has 0 aliphatic heterocycles. The van der Waals surface area contributed by atoms with Crippen LogP contribution in [0.4, 0.5) is 0 Å². The third-order valence-corrected chi connectivity index (χ3v) is 6.98. The summed E-state index contributed by atoms with van der Waals surface area (Å²) in [7, 11) is 3.06. The highest BCUT2D eigenvalue weighted by Gasteiger charge is 2.06. The van der Waals surface area contributed by atoms with Gasteiger partial charge >= 0.3 is 23.9 Å². The van der Waals surface area contributed by atoms with Crippen LogP contribution in [-0.2, 0) is 32.0 Å². The number of rotatable bonds is 12. The molecule has 0 aromatic heterocycles. The number of methoxy groups -OCH3 is 2. The standard InChI is InChI=1S/C24H26O4.C18H14O6/c1-3-5-7-19-9-13-21(14-10-19)27-23(25)17-18-24(26)28-22-15-11-20(12-16-22)8-6-4-2;1-21-13-3-7-15(8-4-13)23-17(19)11-12-18(20)24-16-9-5-14(22-2)6-10-16/h9-16H,3-8H2,1-2H3;3-10H,1-2H3. The van der Waals surface area contributed by atoms with Gasteiger partial charge in [0.05, 0.1) is 14.2 Å². The average molecular weight is 705 g/mol. The Bertz CT molecular complexity index is 1740. The van der Waals surface area contributed by atoms with E-state index in [4.69, 9.17) is 28.4 Å². The lowest BCUT2D eigenvalue weighted by molar-refractivity contribution is -0.130. The van der Waals surface area contributed by atoms with Gasteiger partial charge in [-0.15, -0.1) is 0 Å². The molecule has 0 heterocycles. The van der Waals surface area contributed by atoms with Gasteiger partial charge in [-0.05, 0) is 110 Å². The van der Waals surface area contributed by atoms with Crippen molar-refractivity contribution in [2.75, 3.05) is 14.2 Å². The van der Waals surface area contributed by atoms with Crippen LogP contribution in [-0.4, -0.2) is 38.1 Å². The summed E-state index contributed by atoms with van der Waals surface area (Å²) >= 11 is 0. The maximum atomic E-state index is 11.8. The first-order valence-electron chi connectivity index (χ1n) is 16.6. The van der Waals surface area contributed by atoms with Gasteiger partial charge in [0.25, 0.3) is 0 Å². The van der Waals surface area contributed by atoms with Crippen molar-refractivity contribution < 1.29 is 47.6 Å². The Morgan fingerprint density at radius 3 is 0.865 bits per heavy atom. The first-order chi connectivity index (χ1) is 25.2. The molecular formula is C42H40O10. The maximum absolute atomic E-state index is 11.8. The number of ether oxygens (including phenoxy) is 6. The second-order valence-electron chi connectivity index (χ2n) is 10.9. The quantitative estimate of drug-likeness (QED) is 0.0653. The molecule has 268 valence electrons. The van der Waals surface area contributed by atoms with Crippen LogP contribution in [0.5, 0.6) is 34.5 Å². The number of hydrogen-bond acceptors (Lipinski definition) is 10. The zero-order valence-corrected chi connectivity index (χ0v) is 29.6. The van der Waals surface area contributed by atoms with Crippen molar-refractivity contribution in [1.29, 1.82) is 0 Å². The molecule has 0 bridgehead atoms. The normalized spacial score (nSPS) is 9.62. The van der Waals surface area contributed by atoms with Crippen LogP contribution in [0, 0.1) is 23.7 Å². The van der Waals surface area contributed by atoms with Crippen molar-refractivity contribution in [3.05, 3.63) is 108 Å². The predicted molar refractivity (Wildman–Crippen MR) is 194 cm³/mol. The molecule has 0 radical (unpaired) electrons. The molecule has 0 unspecified atom stereocenters. The topological polar surface area (TPSA) is 124 Å². The van der Waals surface area contributed by atoms with Crippen molar-refractivity contribution in [2.24, 2.45) is 0 Å². The van der Waals surface area contributed by atoms with Crippen molar-refractivity contribution in [3.63, 3.8) is 0 Å². The Labute approximate surface area is 304 Å². The molecular weight excluding hydrogens is 664 g/mol. The van der Waals surface area contributed by atoms with Gasteiger partial charge in [0.1, 0.15) is 34.5 Å². The molecule has 0 aliphatic carbocycles. The van der Waals surface area contributed by atoms with Gasteiger partial charge in [-0.25, -0.2) is 19.2 Å². The predicted octanol–water partition coefficient (Wildman–Crippen LogP) is 7.10. The number of carbonyl (C=O) groups is 4. The second kappa shape index (κ2) is 22.2. The Morgan fingerprint density at radius 2 is 0.635 bits per heavy atom. The van der Waals surface area contributed by atoms with Crippen LogP contribution in [0.3, 0.4) is 0 Å². The minimum Gasteiger partial charge on any atom is -0.497 e. The highest BCUT2D eigenvalue weighted by molar-refractivity contribution is 6.00. The fourth-order valence-electron chi connectivity index (χ4n) is 4.23. The number of hydrogen-bond donors (Lipinski definition) is 0. The Balaban J connectivity index is 0.000000284. The smallest absolute Gasteiger partial charge is 0.390 e. The van der Waals surface area contributed by atoms with E-state index < -0.39 is 23.9 Å². The largest absolute Gasteiger partial charge is 0.497 e. The number of esters is 4. The Hall–Kier alpha value is -6.52. The molecule has 0 saturated heterocycles. The van der Waals surface area contributed by atoms with E-state index in [1.54, 1.807) is 72.8 Å². The SMILES string of the molecule is CCCCc1ccc(OC(=O)C#CC(=O)Oc2ccc(CCCC)cc2)cc1.COc1ccc(OC(=O)C#CC(=O)Oc2ccc(OC)cc2)cc1. The lowest BCUT2D eigenvalue weighted by Gasteiger charge is -2.03. The van der Waals surface area contributed by atoms with E-state index >= 15 is 0 Å². The molecule has 4 aromatic rings. The maximum Gasteiger partial charge on any atom is 0.390 e. The third-order valence-electron chi connectivity index (χ3n) is 6.98. The van der Waals surface area contributed by atoms with E-state index in [1.807, 2.05) is 24.3 Å². The van der Waals surface area contributed by atoms with Crippen LogP contribution < -0.4 is 28.4 Å². The number of unbranched alkanes of at least 4 members (excludes halogenated alkanes) is 2. The molecule has 0 amide bonds. The van der Waals surface area contributed by atoms with Crippen LogP contribution in [0.1, 0.15) is 50.7 Å². The number of carbonyl (C=O) groups excluding carboxylic acids is 4. The van der Waals surface area contributed by atoms with E-state index in [9.17, 15) is 19.2 Å². The molecule has 4 rings (SSSR count). The summed E-state index contributed by atoms with van der Waals surface area (Å²) in [5, 5.41) is 0. The number of benzene rings is 4. The summed E-state index contributed by atoms with van der Waals surface area (Å²) < 4.78 is 30.1. The molecule has 52 heavy (non-hydrogen) atoms. The van der Waals surface area contributed by atoms with Crippen LogP contribution >= 0.6 is 0 Å². The monoisotopic (exact) mass is 704 g/mol. The van der Waals surface area contributed by atoms with E-state index in [2.05, 4.69) is 37.5 Å². The second-order valence-corrected chi connectivity index (χ2v) is 10.9. The van der Waals surface area contributed by atoms with Crippen molar-refractivity contribution in [1.82, 2.24) is 0 Å². The van der Waals surface area contributed by atoms with Gasteiger partial charge < -0.3 is 28.4 Å². The van der Waals surface area contributed by atoms with Gasteiger partial charge in [-0.2, -0.15) is 0 Å². The number of aryl methyl sites for hydroxylation is 2. The van der Waals surface area contributed by atoms with Gasteiger partial charge in [0.2, 0.25) is 0 Å². The van der Waals surface area contributed by atoms with Crippen LogP contribution in [0.2, 0.25) is 0 Å². The molecule has 10 nitrogen and oxygen atoms in total. The van der Waals surface area contributed by atoms with E-state index in [1.165, 1.54) is 25.3 Å². The first kappa shape index (κ1) is 39.9. The van der Waals surface area contributed by atoms with Crippen LogP contribution in [0.15, 0.2) is 97.1 Å². The molecule has 4 aromatic carbocycles. The molecule has 0 atom stereocenters. The zero-order chi connectivity index (χ0) is 37.6. The zero-order valence-electron chi connectivity index (χ0n) is 29.6. The molecule has 0 aliphatic rings. The van der Waals surface area contributed by atoms with E-state index in [-0.39, 0.29) is 0 Å². The van der Waals surface area contributed by atoms with E-state index in [0.29, 0.717) is 34.5 Å². The summed E-state index contributed by atoms with van der Waals surface area (Å²) in [5.74, 6) is 7.73. The minimum atomic E-state index is -0.869. The van der Waals surface area contributed by atoms with Gasteiger partial charge in [-0.1, -0.05) is 51.0 Å². The lowest BCUT2D eigenvalue weighted by atomic mass is 10.1. The highest BCUT2D eigenvalue weighted by atomic mass is 16.5. The summed E-state index contributed by atoms with van der Waals surface area (Å²) in [4.78, 5) is 46.6. The molecule has 0 spiro atoms. The fraction of sp³-hybridized carbons (Fsp3) is 0.238. The van der Waals surface area contributed by atoms with Gasteiger partial charge in [0, 0.05) is 23.7 Å². The fourth-order valence-corrected chi connectivity index (χ4v) is 4.23. The molecule has 0 N–H and O–H groups in total. The minimum absolute atomic E-state index is 0.290. The summed E-state index contributed by atoms with van der Waals surface area (Å²) in [6, 6.07) is 27.3. The third kappa shape index (κ3) is 15.4. The lowest BCUT2D eigenvalue weighted by Crippen LogP contribution is -2.08. The summed E-state index contributed by atoms with van der Waals surface area (Å²) in [5.41, 5.74) is 2.38. The average Bonchev–Trinajstić information content (AvgIpc) is 3.16. The van der Waals surface area contributed by atoms with E-state index in [0.717, 1.165) is 38.5 Å².